The van der Waals surface area contributed by atoms with E-state index in [4.69, 9.17) is 10.5 Å². The van der Waals surface area contributed by atoms with Crippen molar-refractivity contribution in [3.05, 3.63) is 54.0 Å². The summed E-state index contributed by atoms with van der Waals surface area (Å²) in [6.07, 6.45) is 4.52. The fraction of sp³-hybridized carbons (Fsp3) is 0.312. The van der Waals surface area contributed by atoms with E-state index in [-0.39, 0.29) is 17.4 Å². The maximum atomic E-state index is 11.8. The molecule has 0 saturated carbocycles. The lowest BCUT2D eigenvalue weighted by Gasteiger charge is -2.07. The summed E-state index contributed by atoms with van der Waals surface area (Å²) in [5.74, 6) is -0.172. The van der Waals surface area contributed by atoms with E-state index >= 15 is 0 Å². The van der Waals surface area contributed by atoms with Crippen LogP contribution in [0.15, 0.2) is 42.7 Å². The third kappa shape index (κ3) is 5.14. The van der Waals surface area contributed by atoms with Gasteiger partial charge in [0, 0.05) is 25.5 Å². The smallest absolute Gasteiger partial charge is 0.273 e. The van der Waals surface area contributed by atoms with Crippen molar-refractivity contribution in [2.24, 2.45) is 0 Å². The molecule has 1 amide bonds. The van der Waals surface area contributed by atoms with Crippen molar-refractivity contribution in [3.8, 4) is 0 Å². The molecular weight excluding hydrogens is 280 g/mol. The maximum Gasteiger partial charge on any atom is 0.273 e. The topological polar surface area (TPSA) is 90.1 Å². The summed E-state index contributed by atoms with van der Waals surface area (Å²) in [6.45, 7) is 1.79. The number of nitrogen functional groups attached to an aromatic ring is 1. The van der Waals surface area contributed by atoms with Gasteiger partial charge in [0.05, 0.1) is 6.61 Å². The number of ether oxygens (including phenoxy) is 1. The summed E-state index contributed by atoms with van der Waals surface area (Å²) in [6, 6.07) is 10.2. The van der Waals surface area contributed by atoms with E-state index in [1.807, 2.05) is 18.2 Å². The van der Waals surface area contributed by atoms with Crippen molar-refractivity contribution >= 4 is 11.7 Å². The number of amides is 1. The highest BCUT2D eigenvalue weighted by Crippen LogP contribution is 2.02. The number of carbonyl (C=O) groups excluding carboxylic acids is 1. The highest BCUT2D eigenvalue weighted by atomic mass is 16.5. The summed E-state index contributed by atoms with van der Waals surface area (Å²) >= 11 is 0. The van der Waals surface area contributed by atoms with E-state index < -0.39 is 0 Å². The second-order valence-electron chi connectivity index (χ2n) is 4.75. The minimum atomic E-state index is -0.310. The molecule has 2 aromatic rings. The van der Waals surface area contributed by atoms with Crippen LogP contribution in [0.3, 0.4) is 0 Å². The molecule has 6 nitrogen and oxygen atoms in total. The monoisotopic (exact) mass is 300 g/mol. The van der Waals surface area contributed by atoms with Gasteiger partial charge in [-0.05, 0) is 18.4 Å². The Labute approximate surface area is 129 Å². The minimum Gasteiger partial charge on any atom is -0.382 e. The minimum absolute atomic E-state index is 0.138. The van der Waals surface area contributed by atoms with Crippen LogP contribution in [0.4, 0.5) is 5.82 Å². The highest BCUT2D eigenvalue weighted by Gasteiger charge is 2.10. The zero-order chi connectivity index (χ0) is 15.6. The third-order valence-electron chi connectivity index (χ3n) is 3.07. The first-order valence-electron chi connectivity index (χ1n) is 7.23. The average Bonchev–Trinajstić information content (AvgIpc) is 2.55. The second kappa shape index (κ2) is 8.74. The van der Waals surface area contributed by atoms with Crippen LogP contribution in [0.5, 0.6) is 0 Å². The summed E-state index contributed by atoms with van der Waals surface area (Å²) in [7, 11) is 0. The molecule has 6 heteroatoms. The van der Waals surface area contributed by atoms with E-state index in [0.29, 0.717) is 19.8 Å². The van der Waals surface area contributed by atoms with E-state index in [1.165, 1.54) is 18.0 Å². The van der Waals surface area contributed by atoms with Gasteiger partial charge in [0.2, 0.25) is 0 Å². The predicted octanol–water partition coefficient (Wildman–Crippen LogP) is 1.44. The van der Waals surface area contributed by atoms with E-state index in [2.05, 4.69) is 27.4 Å². The van der Waals surface area contributed by atoms with Crippen LogP contribution in [0.1, 0.15) is 22.5 Å². The summed E-state index contributed by atoms with van der Waals surface area (Å²) in [4.78, 5) is 19.5. The van der Waals surface area contributed by atoms with Crippen LogP contribution in [0.25, 0.3) is 0 Å². The van der Waals surface area contributed by atoms with Crippen molar-refractivity contribution < 1.29 is 9.53 Å². The van der Waals surface area contributed by atoms with Crippen molar-refractivity contribution in [2.75, 3.05) is 25.5 Å². The van der Waals surface area contributed by atoms with Gasteiger partial charge in [0.25, 0.3) is 5.91 Å². The van der Waals surface area contributed by atoms with Gasteiger partial charge in [-0.3, -0.25) is 4.79 Å². The molecule has 0 aliphatic carbocycles. The molecule has 1 heterocycles. The number of nitrogens with two attached hydrogens (primary N) is 1. The molecule has 0 bridgehead atoms. The molecule has 0 radical (unpaired) electrons. The zero-order valence-corrected chi connectivity index (χ0v) is 12.4. The summed E-state index contributed by atoms with van der Waals surface area (Å²) in [5.41, 5.74) is 7.01. The van der Waals surface area contributed by atoms with Gasteiger partial charge in [-0.25, -0.2) is 9.97 Å². The van der Waals surface area contributed by atoms with Gasteiger partial charge in [-0.2, -0.15) is 0 Å². The Morgan fingerprint density at radius 1 is 1.14 bits per heavy atom. The molecule has 0 unspecified atom stereocenters. The predicted molar refractivity (Wildman–Crippen MR) is 84.4 cm³/mol. The Hall–Kier alpha value is -2.47. The summed E-state index contributed by atoms with van der Waals surface area (Å²) in [5, 5.41) is 2.75. The van der Waals surface area contributed by atoms with Crippen LogP contribution >= 0.6 is 0 Å². The van der Waals surface area contributed by atoms with Gasteiger partial charge >= 0.3 is 0 Å². The number of aromatic nitrogens is 2. The number of rotatable bonds is 8. The molecule has 1 aromatic carbocycles. The van der Waals surface area contributed by atoms with Gasteiger partial charge in [-0.1, -0.05) is 30.3 Å². The average molecular weight is 300 g/mol. The maximum absolute atomic E-state index is 11.8. The molecule has 0 aliphatic heterocycles. The number of carbonyl (C=O) groups is 1. The number of nitrogens with zero attached hydrogens (tertiary/aromatic N) is 2. The normalized spacial score (nSPS) is 10.4. The van der Waals surface area contributed by atoms with Crippen LogP contribution in [0, 0.1) is 0 Å². The Morgan fingerprint density at radius 2 is 1.91 bits per heavy atom. The highest BCUT2D eigenvalue weighted by molar-refractivity contribution is 5.96. The zero-order valence-electron chi connectivity index (χ0n) is 12.4. The van der Waals surface area contributed by atoms with Gasteiger partial charge < -0.3 is 15.8 Å². The first-order valence-corrected chi connectivity index (χ1v) is 7.23. The first kappa shape index (κ1) is 15.9. The SMILES string of the molecule is Nc1nccnc1C(=O)NCCCOCCc1ccccc1. The third-order valence-corrected chi connectivity index (χ3v) is 3.07. The molecule has 0 atom stereocenters. The summed E-state index contributed by atoms with van der Waals surface area (Å²) < 4.78 is 5.54. The fourth-order valence-electron chi connectivity index (χ4n) is 1.92. The van der Waals surface area contributed by atoms with Crippen molar-refractivity contribution in [1.29, 1.82) is 0 Å². The molecule has 0 aliphatic rings. The first-order chi connectivity index (χ1) is 10.8. The Bertz CT molecular complexity index is 590. The molecule has 3 N–H and O–H groups in total. The van der Waals surface area contributed by atoms with Crippen LogP contribution in [0.2, 0.25) is 0 Å². The van der Waals surface area contributed by atoms with Gasteiger partial charge in [0.1, 0.15) is 0 Å². The van der Waals surface area contributed by atoms with Crippen LogP contribution in [-0.2, 0) is 11.2 Å². The Kier molecular flexibility index (Phi) is 6.32. The van der Waals surface area contributed by atoms with Gasteiger partial charge in [-0.15, -0.1) is 0 Å². The molecule has 116 valence electrons. The lowest BCUT2D eigenvalue weighted by atomic mass is 10.2. The largest absolute Gasteiger partial charge is 0.382 e. The van der Waals surface area contributed by atoms with Crippen molar-refractivity contribution in [3.63, 3.8) is 0 Å². The Balaban J connectivity index is 1.56. The van der Waals surface area contributed by atoms with Gasteiger partial charge in [0.15, 0.2) is 11.5 Å². The number of hydrogen-bond acceptors (Lipinski definition) is 5. The standard InChI is InChI=1S/C16H20N4O2/c17-15-14(18-9-10-19-15)16(21)20-8-4-11-22-12-7-13-5-2-1-3-6-13/h1-3,5-6,9-10H,4,7-8,11-12H2,(H2,17,19)(H,20,21). The van der Waals surface area contributed by atoms with Crippen LogP contribution in [-0.4, -0.2) is 35.6 Å². The van der Waals surface area contributed by atoms with E-state index in [9.17, 15) is 4.79 Å². The number of anilines is 1. The number of hydrogen-bond donors (Lipinski definition) is 2. The number of benzene rings is 1. The molecular formula is C16H20N4O2. The molecule has 22 heavy (non-hydrogen) atoms. The molecule has 0 fully saturated rings. The molecule has 0 saturated heterocycles. The number of nitrogens with one attached hydrogen (secondary N) is 1. The lowest BCUT2D eigenvalue weighted by molar-refractivity contribution is 0.0938. The van der Waals surface area contributed by atoms with E-state index in [0.717, 1.165) is 12.8 Å². The fourth-order valence-corrected chi connectivity index (χ4v) is 1.92. The molecule has 2 rings (SSSR count). The quantitative estimate of drug-likeness (QED) is 0.720. The van der Waals surface area contributed by atoms with Crippen molar-refractivity contribution in [2.45, 2.75) is 12.8 Å². The van der Waals surface area contributed by atoms with E-state index in [1.54, 1.807) is 0 Å². The second-order valence-corrected chi connectivity index (χ2v) is 4.75. The van der Waals surface area contributed by atoms with Crippen LogP contribution < -0.4 is 11.1 Å². The molecule has 1 aromatic heterocycles. The molecule has 0 spiro atoms. The lowest BCUT2D eigenvalue weighted by Crippen LogP contribution is -2.27. The van der Waals surface area contributed by atoms with Crippen molar-refractivity contribution in [1.82, 2.24) is 15.3 Å². The Morgan fingerprint density at radius 3 is 2.68 bits per heavy atom.